The van der Waals surface area contributed by atoms with Crippen molar-refractivity contribution in [3.8, 4) is 0 Å². The number of carboxylic acid groups (broad SMARTS) is 1. The van der Waals surface area contributed by atoms with Gasteiger partial charge in [-0.15, -0.1) is 0 Å². The average molecular weight is 314 g/mol. The standard InChI is InChI=1S/C18H22N2O3/c1-10-4-7-15-14(12(10)3)8-16(19-15)17(21)20(13-5-6-13)9-11(2)18(22)23/h4,7-8,11,13,19H,5-6,9H2,1-3H3,(H,22,23)/t11-/m1/s1. The summed E-state index contributed by atoms with van der Waals surface area (Å²) in [5.41, 5.74) is 3.83. The van der Waals surface area contributed by atoms with E-state index in [0.29, 0.717) is 5.69 Å². The maximum Gasteiger partial charge on any atom is 0.308 e. The van der Waals surface area contributed by atoms with E-state index in [1.165, 1.54) is 5.56 Å². The number of aliphatic carboxylic acids is 1. The molecule has 5 heteroatoms. The predicted octanol–water partition coefficient (Wildman–Crippen LogP) is 3.11. The molecule has 2 aromatic rings. The van der Waals surface area contributed by atoms with Crippen LogP contribution in [0.25, 0.3) is 10.9 Å². The van der Waals surface area contributed by atoms with Gasteiger partial charge in [0.1, 0.15) is 5.69 Å². The Hall–Kier alpha value is -2.30. The molecule has 1 aliphatic carbocycles. The number of carboxylic acids is 1. The SMILES string of the molecule is Cc1ccc2[nH]c(C(=O)N(C[C@@H](C)C(=O)O)C3CC3)cc2c1C. The molecule has 1 amide bonds. The Morgan fingerprint density at radius 3 is 2.65 bits per heavy atom. The second-order valence-corrected chi connectivity index (χ2v) is 6.58. The molecular weight excluding hydrogens is 292 g/mol. The number of carbonyl (C=O) groups is 2. The molecule has 1 fully saturated rings. The van der Waals surface area contributed by atoms with Crippen LogP contribution in [0.4, 0.5) is 0 Å². The smallest absolute Gasteiger partial charge is 0.308 e. The number of hydrogen-bond donors (Lipinski definition) is 2. The van der Waals surface area contributed by atoms with Crippen LogP contribution in [0, 0.1) is 19.8 Å². The lowest BCUT2D eigenvalue weighted by Crippen LogP contribution is -2.38. The summed E-state index contributed by atoms with van der Waals surface area (Å²) in [6, 6.07) is 6.09. The Morgan fingerprint density at radius 1 is 1.35 bits per heavy atom. The minimum Gasteiger partial charge on any atom is -0.481 e. The zero-order chi connectivity index (χ0) is 16.7. The maximum absolute atomic E-state index is 12.9. The summed E-state index contributed by atoms with van der Waals surface area (Å²) in [5.74, 6) is -1.53. The Kier molecular flexibility index (Phi) is 3.88. The molecule has 1 atom stereocenters. The Balaban J connectivity index is 1.91. The first-order valence-corrected chi connectivity index (χ1v) is 8.01. The van der Waals surface area contributed by atoms with Gasteiger partial charge in [-0.2, -0.15) is 0 Å². The number of fused-ring (bicyclic) bond motifs is 1. The fourth-order valence-electron chi connectivity index (χ4n) is 2.89. The van der Waals surface area contributed by atoms with Crippen molar-refractivity contribution >= 4 is 22.8 Å². The van der Waals surface area contributed by atoms with Gasteiger partial charge in [0.05, 0.1) is 5.92 Å². The van der Waals surface area contributed by atoms with Gasteiger partial charge in [0.2, 0.25) is 0 Å². The van der Waals surface area contributed by atoms with Crippen molar-refractivity contribution in [2.75, 3.05) is 6.54 Å². The summed E-state index contributed by atoms with van der Waals surface area (Å²) in [7, 11) is 0. The number of H-pyrrole nitrogens is 1. The van der Waals surface area contributed by atoms with Gasteiger partial charge in [-0.25, -0.2) is 0 Å². The highest BCUT2D eigenvalue weighted by molar-refractivity contribution is 5.99. The van der Waals surface area contributed by atoms with Gasteiger partial charge in [-0.05, 0) is 49.9 Å². The number of hydrogen-bond acceptors (Lipinski definition) is 2. The summed E-state index contributed by atoms with van der Waals surface area (Å²) < 4.78 is 0. The van der Waals surface area contributed by atoms with Crippen molar-refractivity contribution < 1.29 is 14.7 Å². The number of aromatic amines is 1. The van der Waals surface area contributed by atoms with Crippen LogP contribution in [-0.4, -0.2) is 39.5 Å². The number of amides is 1. The van der Waals surface area contributed by atoms with Gasteiger partial charge >= 0.3 is 5.97 Å². The van der Waals surface area contributed by atoms with E-state index < -0.39 is 11.9 Å². The van der Waals surface area contributed by atoms with E-state index in [2.05, 4.69) is 4.98 Å². The van der Waals surface area contributed by atoms with E-state index in [-0.39, 0.29) is 18.5 Å². The van der Waals surface area contributed by atoms with Gasteiger partial charge < -0.3 is 15.0 Å². The lowest BCUT2D eigenvalue weighted by Gasteiger charge is -2.23. The maximum atomic E-state index is 12.9. The third kappa shape index (κ3) is 2.96. The van der Waals surface area contributed by atoms with Crippen LogP contribution in [0.5, 0.6) is 0 Å². The van der Waals surface area contributed by atoms with Crippen molar-refractivity contribution in [3.05, 3.63) is 35.0 Å². The van der Waals surface area contributed by atoms with E-state index in [1.54, 1.807) is 11.8 Å². The number of aryl methyl sites for hydroxylation is 2. The van der Waals surface area contributed by atoms with Gasteiger partial charge in [-0.3, -0.25) is 9.59 Å². The molecule has 1 aliphatic rings. The van der Waals surface area contributed by atoms with Crippen LogP contribution in [-0.2, 0) is 4.79 Å². The number of nitrogens with zero attached hydrogens (tertiary/aromatic N) is 1. The normalized spacial score (nSPS) is 15.6. The minimum absolute atomic E-state index is 0.103. The molecule has 1 heterocycles. The molecule has 0 spiro atoms. The predicted molar refractivity (Wildman–Crippen MR) is 88.6 cm³/mol. The highest BCUT2D eigenvalue weighted by atomic mass is 16.4. The third-order valence-corrected chi connectivity index (χ3v) is 4.71. The van der Waals surface area contributed by atoms with Gasteiger partial charge in [0.25, 0.3) is 5.91 Å². The molecule has 3 rings (SSSR count). The molecule has 23 heavy (non-hydrogen) atoms. The zero-order valence-electron chi connectivity index (χ0n) is 13.7. The zero-order valence-corrected chi connectivity index (χ0v) is 13.7. The van der Waals surface area contributed by atoms with Crippen molar-refractivity contribution in [1.82, 2.24) is 9.88 Å². The molecule has 0 unspecified atom stereocenters. The Labute approximate surface area is 135 Å². The molecule has 0 aliphatic heterocycles. The second-order valence-electron chi connectivity index (χ2n) is 6.58. The molecule has 0 saturated heterocycles. The van der Waals surface area contributed by atoms with Gasteiger partial charge in [0, 0.05) is 23.5 Å². The highest BCUT2D eigenvalue weighted by Gasteiger charge is 2.35. The summed E-state index contributed by atoms with van der Waals surface area (Å²) in [6.07, 6.45) is 1.91. The molecule has 5 nitrogen and oxygen atoms in total. The molecule has 0 radical (unpaired) electrons. The van der Waals surface area contributed by atoms with Gasteiger partial charge in [0.15, 0.2) is 0 Å². The average Bonchev–Trinajstić information content (AvgIpc) is 3.26. The van der Waals surface area contributed by atoms with Crippen molar-refractivity contribution in [3.63, 3.8) is 0 Å². The molecular formula is C18H22N2O3. The van der Waals surface area contributed by atoms with Crippen LogP contribution in [0.2, 0.25) is 0 Å². The van der Waals surface area contributed by atoms with Crippen molar-refractivity contribution in [2.24, 2.45) is 5.92 Å². The molecule has 1 saturated carbocycles. The van der Waals surface area contributed by atoms with Crippen LogP contribution < -0.4 is 0 Å². The van der Waals surface area contributed by atoms with E-state index in [4.69, 9.17) is 5.11 Å². The first kappa shape index (κ1) is 15.6. The molecule has 2 N–H and O–H groups in total. The van der Waals surface area contributed by atoms with E-state index in [0.717, 1.165) is 29.3 Å². The number of rotatable bonds is 5. The fraction of sp³-hybridized carbons (Fsp3) is 0.444. The number of carbonyl (C=O) groups excluding carboxylic acids is 1. The van der Waals surface area contributed by atoms with E-state index in [9.17, 15) is 9.59 Å². The van der Waals surface area contributed by atoms with Crippen molar-refractivity contribution in [2.45, 2.75) is 39.7 Å². The lowest BCUT2D eigenvalue weighted by molar-refractivity contribution is -0.141. The van der Waals surface area contributed by atoms with Gasteiger partial charge in [-0.1, -0.05) is 13.0 Å². The molecule has 1 aromatic heterocycles. The van der Waals surface area contributed by atoms with E-state index >= 15 is 0 Å². The lowest BCUT2D eigenvalue weighted by atomic mass is 10.1. The second kappa shape index (κ2) is 5.72. The van der Waals surface area contributed by atoms with Crippen LogP contribution >= 0.6 is 0 Å². The first-order valence-electron chi connectivity index (χ1n) is 8.01. The quantitative estimate of drug-likeness (QED) is 0.890. The summed E-state index contributed by atoms with van der Waals surface area (Å²) >= 11 is 0. The fourth-order valence-corrected chi connectivity index (χ4v) is 2.89. The highest BCUT2D eigenvalue weighted by Crippen LogP contribution is 2.30. The number of benzene rings is 1. The van der Waals surface area contributed by atoms with E-state index in [1.807, 2.05) is 32.0 Å². The Bertz CT molecular complexity index is 774. The van der Waals surface area contributed by atoms with Crippen LogP contribution in [0.3, 0.4) is 0 Å². The first-order chi connectivity index (χ1) is 10.9. The Morgan fingerprint density at radius 2 is 2.04 bits per heavy atom. The van der Waals surface area contributed by atoms with Crippen molar-refractivity contribution in [1.29, 1.82) is 0 Å². The topological polar surface area (TPSA) is 73.4 Å². The largest absolute Gasteiger partial charge is 0.481 e. The number of aromatic nitrogens is 1. The monoisotopic (exact) mass is 314 g/mol. The molecule has 1 aromatic carbocycles. The summed E-state index contributed by atoms with van der Waals surface area (Å²) in [6.45, 7) is 6.00. The summed E-state index contributed by atoms with van der Waals surface area (Å²) in [4.78, 5) is 28.9. The summed E-state index contributed by atoms with van der Waals surface area (Å²) in [5, 5.41) is 10.2. The molecule has 0 bridgehead atoms. The minimum atomic E-state index is -0.869. The van der Waals surface area contributed by atoms with Crippen LogP contribution in [0.1, 0.15) is 41.4 Å². The number of nitrogens with one attached hydrogen (secondary N) is 1. The molecule has 122 valence electrons. The van der Waals surface area contributed by atoms with Crippen LogP contribution in [0.15, 0.2) is 18.2 Å². The third-order valence-electron chi connectivity index (χ3n) is 4.71.